The number of hydrogen-bond acceptors (Lipinski definition) is 1. The molecule has 1 heteroatoms. The first-order valence-corrected chi connectivity index (χ1v) is 9.85. The molecule has 0 saturated heterocycles. The van der Waals surface area contributed by atoms with Gasteiger partial charge in [-0.2, -0.15) is 0 Å². The van der Waals surface area contributed by atoms with Crippen molar-refractivity contribution in [1.82, 2.24) is 0 Å². The zero-order chi connectivity index (χ0) is 19.6. The summed E-state index contributed by atoms with van der Waals surface area (Å²) in [7, 11) is 0. The summed E-state index contributed by atoms with van der Waals surface area (Å²) in [5.74, 6) is 0. The summed E-state index contributed by atoms with van der Waals surface area (Å²) in [6, 6.07) is 31.6. The van der Waals surface area contributed by atoms with Crippen LogP contribution in [0.4, 0.5) is 11.4 Å². The Morgan fingerprint density at radius 2 is 0.769 bits per heavy atom. The summed E-state index contributed by atoms with van der Waals surface area (Å²) in [6.45, 7) is 12.9. The first kappa shape index (κ1) is 23.5. The Morgan fingerprint density at radius 3 is 1.12 bits per heavy atom. The molecular weight excluding hydrogens is 314 g/mol. The van der Waals surface area contributed by atoms with Crippen LogP contribution in [0.2, 0.25) is 0 Å². The van der Waals surface area contributed by atoms with Gasteiger partial charge in [-0.3, -0.25) is 0 Å². The Hall–Kier alpha value is -2.54. The van der Waals surface area contributed by atoms with Crippen molar-refractivity contribution < 1.29 is 0 Å². The molecule has 0 unspecified atom stereocenters. The normalized spacial score (nSPS) is 8.54. The maximum atomic E-state index is 2.33. The number of rotatable bonds is 4. The van der Waals surface area contributed by atoms with Crippen LogP contribution in [0.1, 0.15) is 47.1 Å². The highest BCUT2D eigenvalue weighted by atomic mass is 15.1. The van der Waals surface area contributed by atoms with E-state index in [0.717, 1.165) is 6.54 Å². The van der Waals surface area contributed by atoms with Crippen LogP contribution in [0.5, 0.6) is 0 Å². The van der Waals surface area contributed by atoms with E-state index in [4.69, 9.17) is 0 Å². The molecule has 0 bridgehead atoms. The predicted octanol–water partition coefficient (Wildman–Crippen LogP) is 8.10. The molecular formula is C25H35N. The number of nitrogens with zero attached hydrogens (tertiary/aromatic N) is 1. The molecule has 0 aliphatic carbocycles. The van der Waals surface area contributed by atoms with Gasteiger partial charge in [0.1, 0.15) is 0 Å². The minimum atomic E-state index is 0.870. The molecule has 0 fully saturated rings. The van der Waals surface area contributed by atoms with Crippen molar-refractivity contribution in [3.63, 3.8) is 0 Å². The van der Waals surface area contributed by atoms with Gasteiger partial charge in [-0.05, 0) is 29.8 Å². The first-order chi connectivity index (χ1) is 12.9. The summed E-state index contributed by atoms with van der Waals surface area (Å²) < 4.78 is 0. The third-order valence-electron chi connectivity index (χ3n) is 3.32. The van der Waals surface area contributed by atoms with Crippen LogP contribution in [-0.4, -0.2) is 0 Å². The molecule has 3 aromatic carbocycles. The molecule has 0 spiro atoms. The second kappa shape index (κ2) is 16.0. The molecule has 140 valence electrons. The van der Waals surface area contributed by atoms with Crippen LogP contribution < -0.4 is 4.90 Å². The Labute approximate surface area is 161 Å². The van der Waals surface area contributed by atoms with Gasteiger partial charge in [0.25, 0.3) is 0 Å². The molecule has 0 N–H and O–H groups in total. The van der Waals surface area contributed by atoms with Gasteiger partial charge in [0.05, 0.1) is 0 Å². The summed E-state index contributed by atoms with van der Waals surface area (Å²) in [4.78, 5) is 2.33. The highest BCUT2D eigenvalue weighted by Gasteiger charge is 2.08. The van der Waals surface area contributed by atoms with Gasteiger partial charge >= 0.3 is 0 Å². The van der Waals surface area contributed by atoms with Crippen molar-refractivity contribution >= 4 is 11.4 Å². The van der Waals surface area contributed by atoms with Crippen molar-refractivity contribution in [3.8, 4) is 0 Å². The van der Waals surface area contributed by atoms with Gasteiger partial charge in [-0.25, -0.2) is 0 Å². The second-order valence-corrected chi connectivity index (χ2v) is 4.74. The number of para-hydroxylation sites is 2. The SMILES string of the molecule is CC.CC.CC.c1ccc(CN(c2ccccc2)c2ccccc2)cc1. The van der Waals surface area contributed by atoms with Crippen molar-refractivity contribution in [2.24, 2.45) is 0 Å². The summed E-state index contributed by atoms with van der Waals surface area (Å²) in [6.07, 6.45) is 0. The fraction of sp³-hybridized carbons (Fsp3) is 0.280. The van der Waals surface area contributed by atoms with E-state index >= 15 is 0 Å². The van der Waals surface area contributed by atoms with E-state index in [1.807, 2.05) is 41.5 Å². The predicted molar refractivity (Wildman–Crippen MR) is 119 cm³/mol. The van der Waals surface area contributed by atoms with Gasteiger partial charge in [0, 0.05) is 17.9 Å². The standard InChI is InChI=1S/C19H17N.3C2H6/c1-4-10-17(11-5-1)16-20(18-12-6-2-7-13-18)19-14-8-3-9-15-19;3*1-2/h1-15H,16H2;3*1-2H3. The summed E-state index contributed by atoms with van der Waals surface area (Å²) in [5.41, 5.74) is 3.73. The molecule has 1 nitrogen and oxygen atoms in total. The molecule has 0 amide bonds. The van der Waals surface area contributed by atoms with Gasteiger partial charge in [0.2, 0.25) is 0 Å². The highest BCUT2D eigenvalue weighted by molar-refractivity contribution is 5.63. The zero-order valence-electron chi connectivity index (χ0n) is 17.3. The maximum Gasteiger partial charge on any atom is 0.0481 e. The Bertz CT molecular complexity index is 593. The zero-order valence-corrected chi connectivity index (χ0v) is 17.3. The third-order valence-corrected chi connectivity index (χ3v) is 3.32. The van der Waals surface area contributed by atoms with Crippen molar-refractivity contribution in [2.75, 3.05) is 4.90 Å². The van der Waals surface area contributed by atoms with Crippen molar-refractivity contribution in [1.29, 1.82) is 0 Å². The largest absolute Gasteiger partial charge is 0.337 e. The van der Waals surface area contributed by atoms with Crippen molar-refractivity contribution in [3.05, 3.63) is 96.6 Å². The molecule has 0 aliphatic heterocycles. The monoisotopic (exact) mass is 349 g/mol. The van der Waals surface area contributed by atoms with Gasteiger partial charge in [-0.1, -0.05) is 108 Å². The molecule has 0 radical (unpaired) electrons. The highest BCUT2D eigenvalue weighted by Crippen LogP contribution is 2.26. The molecule has 0 heterocycles. The van der Waals surface area contributed by atoms with E-state index in [0.29, 0.717) is 0 Å². The maximum absolute atomic E-state index is 2.33. The quantitative estimate of drug-likeness (QED) is 0.460. The van der Waals surface area contributed by atoms with Gasteiger partial charge in [0.15, 0.2) is 0 Å². The molecule has 0 aliphatic rings. The number of anilines is 2. The van der Waals surface area contributed by atoms with Gasteiger partial charge < -0.3 is 4.90 Å². The molecule has 0 aromatic heterocycles. The van der Waals surface area contributed by atoms with E-state index in [2.05, 4.69) is 95.9 Å². The molecule has 0 atom stereocenters. The van der Waals surface area contributed by atoms with Crippen LogP contribution in [0.3, 0.4) is 0 Å². The van der Waals surface area contributed by atoms with E-state index in [1.54, 1.807) is 0 Å². The van der Waals surface area contributed by atoms with E-state index in [1.165, 1.54) is 16.9 Å². The second-order valence-electron chi connectivity index (χ2n) is 4.74. The lowest BCUT2D eigenvalue weighted by Gasteiger charge is -2.25. The molecule has 3 rings (SSSR count). The Morgan fingerprint density at radius 1 is 0.462 bits per heavy atom. The lowest BCUT2D eigenvalue weighted by molar-refractivity contribution is 0.975. The van der Waals surface area contributed by atoms with E-state index in [-0.39, 0.29) is 0 Å². The van der Waals surface area contributed by atoms with Crippen LogP contribution >= 0.6 is 0 Å². The minimum absolute atomic E-state index is 0.870. The van der Waals surface area contributed by atoms with Crippen LogP contribution in [0, 0.1) is 0 Å². The van der Waals surface area contributed by atoms with Gasteiger partial charge in [-0.15, -0.1) is 0 Å². The average Bonchev–Trinajstić information content (AvgIpc) is 2.78. The Balaban J connectivity index is 0.000000948. The van der Waals surface area contributed by atoms with Crippen LogP contribution in [0.25, 0.3) is 0 Å². The topological polar surface area (TPSA) is 3.24 Å². The first-order valence-electron chi connectivity index (χ1n) is 9.85. The summed E-state index contributed by atoms with van der Waals surface area (Å²) >= 11 is 0. The van der Waals surface area contributed by atoms with E-state index in [9.17, 15) is 0 Å². The van der Waals surface area contributed by atoms with Crippen LogP contribution in [-0.2, 0) is 6.54 Å². The lowest BCUT2D eigenvalue weighted by atomic mass is 10.1. The number of hydrogen-bond donors (Lipinski definition) is 0. The lowest BCUT2D eigenvalue weighted by Crippen LogP contribution is -2.16. The molecule has 3 aromatic rings. The Kier molecular flexibility index (Phi) is 14.4. The van der Waals surface area contributed by atoms with Crippen molar-refractivity contribution in [2.45, 2.75) is 48.1 Å². The van der Waals surface area contributed by atoms with Crippen LogP contribution in [0.15, 0.2) is 91.0 Å². The number of benzene rings is 3. The smallest absolute Gasteiger partial charge is 0.0481 e. The van der Waals surface area contributed by atoms with E-state index < -0.39 is 0 Å². The molecule has 26 heavy (non-hydrogen) atoms. The minimum Gasteiger partial charge on any atom is -0.337 e. The third kappa shape index (κ3) is 8.02. The fourth-order valence-corrected chi connectivity index (χ4v) is 2.31. The molecule has 0 saturated carbocycles. The average molecular weight is 350 g/mol. The summed E-state index contributed by atoms with van der Waals surface area (Å²) in [5, 5.41) is 0. The fourth-order valence-electron chi connectivity index (χ4n) is 2.31.